The predicted molar refractivity (Wildman–Crippen MR) is 106 cm³/mol. The molecule has 3 heterocycles. The molecule has 2 aromatic heterocycles. The number of likely N-dealkylation sites (tertiary alicyclic amines) is 1. The molecule has 152 valence electrons. The molecule has 1 fully saturated rings. The van der Waals surface area contributed by atoms with E-state index in [1.54, 1.807) is 0 Å². The zero-order valence-electron chi connectivity index (χ0n) is 17.1. The van der Waals surface area contributed by atoms with E-state index in [1.165, 1.54) is 0 Å². The molecule has 0 radical (unpaired) electrons. The lowest BCUT2D eigenvalue weighted by molar-refractivity contribution is 0.0659. The highest BCUT2D eigenvalue weighted by atomic mass is 16.5. The molecule has 1 saturated heterocycles. The van der Waals surface area contributed by atoms with Gasteiger partial charge in [-0.25, -0.2) is 4.98 Å². The highest BCUT2D eigenvalue weighted by Gasteiger charge is 2.32. The Kier molecular flexibility index (Phi) is 5.80. The van der Waals surface area contributed by atoms with E-state index in [1.807, 2.05) is 11.1 Å². The first kappa shape index (κ1) is 19.2. The molecule has 1 aliphatic carbocycles. The first-order chi connectivity index (χ1) is 13.6. The molecule has 7 heteroatoms. The summed E-state index contributed by atoms with van der Waals surface area (Å²) in [5.41, 5.74) is 2.03. The Bertz CT molecular complexity index is 810. The van der Waals surface area contributed by atoms with Crippen molar-refractivity contribution in [3.05, 3.63) is 35.2 Å². The number of amides is 1. The second-order valence-electron chi connectivity index (χ2n) is 8.37. The summed E-state index contributed by atoms with van der Waals surface area (Å²) in [6.07, 6.45) is 11.2. The molecular weight excluding hydrogens is 354 g/mol. The van der Waals surface area contributed by atoms with Gasteiger partial charge in [0.15, 0.2) is 0 Å². The molecule has 2 aromatic rings. The third-order valence-electron chi connectivity index (χ3n) is 5.98. The van der Waals surface area contributed by atoms with Crippen LogP contribution in [0, 0.1) is 0 Å². The average molecular weight is 386 g/mol. The van der Waals surface area contributed by atoms with Crippen LogP contribution in [-0.4, -0.2) is 64.1 Å². The van der Waals surface area contributed by atoms with Crippen molar-refractivity contribution in [2.24, 2.45) is 0 Å². The summed E-state index contributed by atoms with van der Waals surface area (Å²) in [7, 11) is 4.20. The van der Waals surface area contributed by atoms with Gasteiger partial charge in [-0.1, -0.05) is 5.16 Å². The number of aromatic nitrogens is 3. The Morgan fingerprint density at radius 1 is 1.29 bits per heavy atom. The lowest BCUT2D eigenvalue weighted by atomic mass is 9.94. The van der Waals surface area contributed by atoms with Crippen molar-refractivity contribution in [3.63, 3.8) is 0 Å². The van der Waals surface area contributed by atoms with E-state index in [0.717, 1.165) is 81.7 Å². The maximum absolute atomic E-state index is 13.1. The smallest absolute Gasteiger partial charge is 0.292 e. The monoisotopic (exact) mass is 385 g/mol. The SMILES string of the molecule is CN(C)CCCn1ccnc1C1CCCN(C(=O)c2onc3c2CCCC3)C1. The minimum atomic E-state index is 0.00561. The van der Waals surface area contributed by atoms with Gasteiger partial charge >= 0.3 is 0 Å². The second-order valence-corrected chi connectivity index (χ2v) is 8.37. The zero-order chi connectivity index (χ0) is 19.5. The summed E-state index contributed by atoms with van der Waals surface area (Å²) in [4.78, 5) is 21.9. The van der Waals surface area contributed by atoms with Gasteiger partial charge in [-0.15, -0.1) is 0 Å². The molecule has 7 nitrogen and oxygen atoms in total. The zero-order valence-corrected chi connectivity index (χ0v) is 17.1. The number of carbonyl (C=O) groups is 1. The second kappa shape index (κ2) is 8.47. The molecule has 1 amide bonds. The Hall–Kier alpha value is -2.15. The van der Waals surface area contributed by atoms with Crippen molar-refractivity contribution >= 4 is 5.91 Å². The highest BCUT2D eigenvalue weighted by Crippen LogP contribution is 2.29. The minimum Gasteiger partial charge on any atom is -0.350 e. The van der Waals surface area contributed by atoms with Crippen molar-refractivity contribution < 1.29 is 9.32 Å². The predicted octanol–water partition coefficient (Wildman–Crippen LogP) is 2.72. The number of fused-ring (bicyclic) bond motifs is 1. The van der Waals surface area contributed by atoms with Gasteiger partial charge in [-0.2, -0.15) is 0 Å². The van der Waals surface area contributed by atoms with Gasteiger partial charge in [0.05, 0.1) is 5.69 Å². The van der Waals surface area contributed by atoms with E-state index < -0.39 is 0 Å². The van der Waals surface area contributed by atoms with Gasteiger partial charge in [0.1, 0.15) is 5.82 Å². The van der Waals surface area contributed by atoms with Crippen LogP contribution in [0.4, 0.5) is 0 Å². The molecule has 0 spiro atoms. The number of carbonyl (C=O) groups excluding carboxylic acids is 1. The molecule has 0 saturated carbocycles. The topological polar surface area (TPSA) is 67.4 Å². The Balaban J connectivity index is 1.44. The molecule has 0 bridgehead atoms. The molecule has 4 rings (SSSR count). The standard InChI is InChI=1S/C21H31N5O2/c1-24(2)11-6-13-25-14-10-22-20(25)16-7-5-12-26(15-16)21(27)19-17-8-3-4-9-18(17)23-28-19/h10,14,16H,3-9,11-13,15H2,1-2H3. The van der Waals surface area contributed by atoms with Crippen LogP contribution in [0.15, 0.2) is 16.9 Å². The fourth-order valence-electron chi connectivity index (χ4n) is 4.50. The number of piperidine rings is 1. The first-order valence-electron chi connectivity index (χ1n) is 10.6. The minimum absolute atomic E-state index is 0.00561. The maximum Gasteiger partial charge on any atom is 0.292 e. The van der Waals surface area contributed by atoms with Crippen LogP contribution in [0.25, 0.3) is 0 Å². The number of hydrogen-bond acceptors (Lipinski definition) is 5. The van der Waals surface area contributed by atoms with E-state index >= 15 is 0 Å². The van der Waals surface area contributed by atoms with Gasteiger partial charge in [-0.3, -0.25) is 4.79 Å². The van der Waals surface area contributed by atoms with E-state index in [9.17, 15) is 4.79 Å². The summed E-state index contributed by atoms with van der Waals surface area (Å²) < 4.78 is 7.75. The molecule has 28 heavy (non-hydrogen) atoms. The van der Waals surface area contributed by atoms with Crippen LogP contribution in [0.5, 0.6) is 0 Å². The fraction of sp³-hybridized carbons (Fsp3) is 0.667. The molecule has 2 aliphatic rings. The molecule has 0 N–H and O–H groups in total. The van der Waals surface area contributed by atoms with Crippen molar-refractivity contribution in [1.82, 2.24) is 24.5 Å². The summed E-state index contributed by atoms with van der Waals surface area (Å²) in [6.45, 7) is 3.52. The lowest BCUT2D eigenvalue weighted by Gasteiger charge is -2.32. The van der Waals surface area contributed by atoms with Crippen LogP contribution < -0.4 is 0 Å². The normalized spacial score (nSPS) is 19.8. The summed E-state index contributed by atoms with van der Waals surface area (Å²) in [6, 6.07) is 0. The first-order valence-corrected chi connectivity index (χ1v) is 10.6. The van der Waals surface area contributed by atoms with Crippen molar-refractivity contribution in [2.45, 2.75) is 57.4 Å². The fourth-order valence-corrected chi connectivity index (χ4v) is 4.50. The van der Waals surface area contributed by atoms with Gasteiger partial charge in [0, 0.05) is 43.5 Å². The Labute approximate surface area is 166 Å². The molecular formula is C21H31N5O2. The Morgan fingerprint density at radius 2 is 2.14 bits per heavy atom. The van der Waals surface area contributed by atoms with E-state index in [2.05, 4.69) is 39.9 Å². The number of rotatable bonds is 6. The van der Waals surface area contributed by atoms with Crippen molar-refractivity contribution in [3.8, 4) is 0 Å². The molecule has 1 unspecified atom stereocenters. The van der Waals surface area contributed by atoms with Crippen molar-refractivity contribution in [1.29, 1.82) is 0 Å². The largest absolute Gasteiger partial charge is 0.350 e. The lowest BCUT2D eigenvalue weighted by Crippen LogP contribution is -2.40. The van der Waals surface area contributed by atoms with Crippen LogP contribution in [0.2, 0.25) is 0 Å². The number of hydrogen-bond donors (Lipinski definition) is 0. The number of aryl methyl sites for hydroxylation is 2. The van der Waals surface area contributed by atoms with E-state index in [4.69, 9.17) is 4.52 Å². The van der Waals surface area contributed by atoms with Gasteiger partial charge < -0.3 is 18.9 Å². The average Bonchev–Trinajstić information content (AvgIpc) is 3.34. The van der Waals surface area contributed by atoms with Gasteiger partial charge in [0.25, 0.3) is 5.91 Å². The van der Waals surface area contributed by atoms with E-state index in [0.29, 0.717) is 12.3 Å². The van der Waals surface area contributed by atoms with Gasteiger partial charge in [-0.05, 0) is 65.6 Å². The van der Waals surface area contributed by atoms with E-state index in [-0.39, 0.29) is 11.8 Å². The van der Waals surface area contributed by atoms with Crippen molar-refractivity contribution in [2.75, 3.05) is 33.7 Å². The number of imidazole rings is 1. The summed E-state index contributed by atoms with van der Waals surface area (Å²) in [5, 5.41) is 4.16. The quantitative estimate of drug-likeness (QED) is 0.765. The summed E-state index contributed by atoms with van der Waals surface area (Å²) in [5.74, 6) is 1.87. The van der Waals surface area contributed by atoms with Gasteiger partial charge in [0.2, 0.25) is 5.76 Å². The molecule has 1 aliphatic heterocycles. The van der Waals surface area contributed by atoms with Crippen LogP contribution in [-0.2, 0) is 19.4 Å². The van der Waals surface area contributed by atoms with Crippen LogP contribution >= 0.6 is 0 Å². The third kappa shape index (κ3) is 3.99. The molecule has 0 aromatic carbocycles. The molecule has 1 atom stereocenters. The highest BCUT2D eigenvalue weighted by molar-refractivity contribution is 5.93. The number of nitrogens with zero attached hydrogens (tertiary/aromatic N) is 5. The summed E-state index contributed by atoms with van der Waals surface area (Å²) >= 11 is 0. The Morgan fingerprint density at radius 3 is 3.00 bits per heavy atom. The third-order valence-corrected chi connectivity index (χ3v) is 5.98. The van der Waals surface area contributed by atoms with Crippen LogP contribution in [0.1, 0.15) is 65.7 Å². The maximum atomic E-state index is 13.1. The van der Waals surface area contributed by atoms with Crippen LogP contribution in [0.3, 0.4) is 0 Å².